The van der Waals surface area contributed by atoms with E-state index in [1.54, 1.807) is 24.4 Å². The number of nitrogens with two attached hydrogens (primary N) is 1. The summed E-state index contributed by atoms with van der Waals surface area (Å²) in [5.41, 5.74) is 6.98. The number of aromatic nitrogens is 1. The second-order valence-electron chi connectivity index (χ2n) is 4.00. The molecule has 0 spiro atoms. The summed E-state index contributed by atoms with van der Waals surface area (Å²) in [4.78, 5) is 29.0. The van der Waals surface area contributed by atoms with Crippen molar-refractivity contribution in [2.75, 3.05) is 12.8 Å². The van der Waals surface area contributed by atoms with Crippen LogP contribution in [0.3, 0.4) is 0 Å². The molecular weight excluding hydrogens is 218 g/mol. The summed E-state index contributed by atoms with van der Waals surface area (Å²) in [6.45, 7) is 0. The molecule has 2 N–H and O–H groups in total. The van der Waals surface area contributed by atoms with Gasteiger partial charge in [-0.15, -0.1) is 0 Å². The lowest BCUT2D eigenvalue weighted by molar-refractivity contribution is 0.0647. The average molecular weight is 227 g/mol. The standard InChI is InChI=1S/C12H9N3O2/c1-15-11(16)8-5-7(13)4-6-2-3-14-10(9(6)8)12(15)17/h2-5H,13H2,1H3. The Morgan fingerprint density at radius 3 is 2.76 bits per heavy atom. The van der Waals surface area contributed by atoms with Crippen molar-refractivity contribution in [3.05, 3.63) is 35.7 Å². The number of amides is 2. The van der Waals surface area contributed by atoms with E-state index in [4.69, 9.17) is 5.73 Å². The van der Waals surface area contributed by atoms with E-state index >= 15 is 0 Å². The van der Waals surface area contributed by atoms with Gasteiger partial charge in [-0.1, -0.05) is 0 Å². The molecule has 0 saturated heterocycles. The van der Waals surface area contributed by atoms with Gasteiger partial charge in [0.2, 0.25) is 0 Å². The van der Waals surface area contributed by atoms with Crippen molar-refractivity contribution < 1.29 is 9.59 Å². The fraction of sp³-hybridized carbons (Fsp3) is 0.0833. The van der Waals surface area contributed by atoms with Gasteiger partial charge < -0.3 is 5.73 Å². The Labute approximate surface area is 96.8 Å². The van der Waals surface area contributed by atoms with E-state index in [2.05, 4.69) is 4.98 Å². The molecular formula is C12H9N3O2. The number of carbonyl (C=O) groups is 2. The number of imide groups is 1. The highest BCUT2D eigenvalue weighted by Gasteiger charge is 2.31. The number of benzene rings is 1. The molecule has 84 valence electrons. The number of hydrogen-bond donors (Lipinski definition) is 1. The Morgan fingerprint density at radius 2 is 2.00 bits per heavy atom. The van der Waals surface area contributed by atoms with Crippen LogP contribution in [0.5, 0.6) is 0 Å². The first kappa shape index (κ1) is 9.77. The van der Waals surface area contributed by atoms with E-state index in [0.29, 0.717) is 22.3 Å². The number of nitrogen functional groups attached to an aromatic ring is 1. The molecule has 1 aliphatic rings. The minimum atomic E-state index is -0.377. The van der Waals surface area contributed by atoms with E-state index in [-0.39, 0.29) is 11.8 Å². The lowest BCUT2D eigenvalue weighted by Gasteiger charge is -2.22. The van der Waals surface area contributed by atoms with Gasteiger partial charge >= 0.3 is 0 Å². The molecule has 17 heavy (non-hydrogen) atoms. The van der Waals surface area contributed by atoms with Crippen molar-refractivity contribution in [1.82, 2.24) is 9.88 Å². The van der Waals surface area contributed by atoms with Crippen molar-refractivity contribution in [2.45, 2.75) is 0 Å². The fourth-order valence-corrected chi connectivity index (χ4v) is 2.10. The molecule has 3 rings (SSSR count). The molecule has 0 fully saturated rings. The molecule has 0 atom stereocenters. The Bertz CT molecular complexity index is 679. The third-order valence-corrected chi connectivity index (χ3v) is 2.93. The van der Waals surface area contributed by atoms with Gasteiger partial charge in [0.1, 0.15) is 5.69 Å². The maximum absolute atomic E-state index is 12.0. The molecule has 0 radical (unpaired) electrons. The summed E-state index contributed by atoms with van der Waals surface area (Å²) in [6, 6.07) is 5.05. The topological polar surface area (TPSA) is 76.3 Å². The van der Waals surface area contributed by atoms with Crippen molar-refractivity contribution in [3.63, 3.8) is 0 Å². The Balaban J connectivity index is 2.53. The molecule has 0 aliphatic carbocycles. The highest BCUT2D eigenvalue weighted by atomic mass is 16.2. The molecule has 0 unspecified atom stereocenters. The lowest BCUT2D eigenvalue weighted by Crippen LogP contribution is -2.37. The van der Waals surface area contributed by atoms with Gasteiger partial charge in [0, 0.05) is 24.3 Å². The molecule has 1 aromatic heterocycles. The zero-order valence-corrected chi connectivity index (χ0v) is 9.10. The first-order chi connectivity index (χ1) is 8.09. The van der Waals surface area contributed by atoms with Gasteiger partial charge in [-0.2, -0.15) is 0 Å². The van der Waals surface area contributed by atoms with Gasteiger partial charge in [-0.25, -0.2) is 0 Å². The predicted molar refractivity (Wildman–Crippen MR) is 62.6 cm³/mol. The van der Waals surface area contributed by atoms with Crippen LogP contribution in [0.1, 0.15) is 20.8 Å². The largest absolute Gasteiger partial charge is 0.399 e. The second kappa shape index (κ2) is 3.04. The average Bonchev–Trinajstić information content (AvgIpc) is 2.32. The number of pyridine rings is 1. The smallest absolute Gasteiger partial charge is 0.279 e. The molecule has 0 saturated carbocycles. The van der Waals surface area contributed by atoms with Crippen molar-refractivity contribution in [3.8, 4) is 0 Å². The van der Waals surface area contributed by atoms with Crippen LogP contribution in [-0.4, -0.2) is 28.7 Å². The highest BCUT2D eigenvalue weighted by molar-refractivity contribution is 6.24. The minimum Gasteiger partial charge on any atom is -0.399 e. The van der Waals surface area contributed by atoms with Crippen molar-refractivity contribution >= 4 is 28.3 Å². The number of carbonyl (C=O) groups excluding carboxylic acids is 2. The van der Waals surface area contributed by atoms with Crippen LogP contribution in [0.2, 0.25) is 0 Å². The number of hydrogen-bond acceptors (Lipinski definition) is 4. The number of anilines is 1. The van der Waals surface area contributed by atoms with E-state index in [1.807, 2.05) is 0 Å². The first-order valence-corrected chi connectivity index (χ1v) is 5.10. The van der Waals surface area contributed by atoms with Crippen LogP contribution >= 0.6 is 0 Å². The lowest BCUT2D eigenvalue weighted by atomic mass is 9.97. The summed E-state index contributed by atoms with van der Waals surface area (Å²) in [5.74, 6) is -0.717. The van der Waals surface area contributed by atoms with Crippen LogP contribution in [-0.2, 0) is 0 Å². The maximum atomic E-state index is 12.0. The number of rotatable bonds is 0. The summed E-state index contributed by atoms with van der Waals surface area (Å²) < 4.78 is 0. The third kappa shape index (κ3) is 1.16. The van der Waals surface area contributed by atoms with Gasteiger partial charge in [-0.05, 0) is 23.6 Å². The Hall–Kier alpha value is -2.43. The monoisotopic (exact) mass is 227 g/mol. The van der Waals surface area contributed by atoms with Crippen molar-refractivity contribution in [2.24, 2.45) is 0 Å². The van der Waals surface area contributed by atoms with Crippen LogP contribution in [0.4, 0.5) is 5.69 Å². The van der Waals surface area contributed by atoms with Gasteiger partial charge in [0.15, 0.2) is 0 Å². The second-order valence-corrected chi connectivity index (χ2v) is 4.00. The molecule has 2 aromatic rings. The highest BCUT2D eigenvalue weighted by Crippen LogP contribution is 2.29. The summed E-state index contributed by atoms with van der Waals surface area (Å²) in [5, 5.41) is 1.36. The molecule has 5 nitrogen and oxygen atoms in total. The zero-order chi connectivity index (χ0) is 12.2. The van der Waals surface area contributed by atoms with Gasteiger partial charge in [0.25, 0.3) is 11.8 Å². The Kier molecular flexibility index (Phi) is 1.75. The maximum Gasteiger partial charge on any atom is 0.279 e. The third-order valence-electron chi connectivity index (χ3n) is 2.93. The van der Waals surface area contributed by atoms with E-state index in [9.17, 15) is 9.59 Å². The summed E-state index contributed by atoms with van der Waals surface area (Å²) in [6.07, 6.45) is 1.54. The van der Waals surface area contributed by atoms with E-state index < -0.39 is 0 Å². The SMILES string of the molecule is CN1C(=O)c2cc(N)cc3ccnc(c23)C1=O. The summed E-state index contributed by atoms with van der Waals surface area (Å²) >= 11 is 0. The molecule has 2 amide bonds. The Morgan fingerprint density at radius 1 is 1.24 bits per heavy atom. The summed E-state index contributed by atoms with van der Waals surface area (Å²) in [7, 11) is 1.44. The fourth-order valence-electron chi connectivity index (χ4n) is 2.10. The quantitative estimate of drug-likeness (QED) is 0.539. The number of nitrogens with zero attached hydrogens (tertiary/aromatic N) is 2. The normalized spacial score (nSPS) is 14.5. The van der Waals surface area contributed by atoms with Crippen LogP contribution in [0.15, 0.2) is 24.4 Å². The van der Waals surface area contributed by atoms with Crippen molar-refractivity contribution in [1.29, 1.82) is 0 Å². The molecule has 1 aliphatic heterocycles. The zero-order valence-electron chi connectivity index (χ0n) is 9.10. The molecule has 1 aromatic carbocycles. The van der Waals surface area contributed by atoms with E-state index in [0.717, 1.165) is 10.3 Å². The van der Waals surface area contributed by atoms with Gasteiger partial charge in [0.05, 0.1) is 5.56 Å². The molecule has 2 heterocycles. The van der Waals surface area contributed by atoms with Crippen LogP contribution < -0.4 is 5.73 Å². The molecule has 0 bridgehead atoms. The van der Waals surface area contributed by atoms with Crippen LogP contribution in [0.25, 0.3) is 10.8 Å². The van der Waals surface area contributed by atoms with Gasteiger partial charge in [-0.3, -0.25) is 19.5 Å². The van der Waals surface area contributed by atoms with Crippen LogP contribution in [0, 0.1) is 0 Å². The first-order valence-electron chi connectivity index (χ1n) is 5.10. The predicted octanol–water partition coefficient (Wildman–Crippen LogP) is 1.04. The van der Waals surface area contributed by atoms with E-state index in [1.165, 1.54) is 7.05 Å². The molecule has 5 heteroatoms. The minimum absolute atomic E-state index is 0.305.